The second-order valence-corrected chi connectivity index (χ2v) is 3.60. The van der Waals surface area contributed by atoms with E-state index in [-0.39, 0.29) is 0 Å². The minimum Gasteiger partial charge on any atom is -0.493 e. The standard InChI is InChI=1S/C12H20N2O/c1-2-3-4-5-8-15-12-6-7-14-11(9-12)10-13/h6-7,9H,2-5,8,10,13H2,1H3. The largest absolute Gasteiger partial charge is 0.493 e. The Morgan fingerprint density at radius 2 is 2.20 bits per heavy atom. The number of unbranched alkanes of at least 4 members (excludes halogenated alkanes) is 3. The minimum absolute atomic E-state index is 0.465. The van der Waals surface area contributed by atoms with Gasteiger partial charge < -0.3 is 10.5 Å². The first kappa shape index (κ1) is 12.0. The zero-order chi connectivity index (χ0) is 10.9. The number of hydrogen-bond donors (Lipinski definition) is 1. The van der Waals surface area contributed by atoms with E-state index in [0.717, 1.165) is 24.5 Å². The van der Waals surface area contributed by atoms with Crippen LogP contribution in [0.4, 0.5) is 0 Å². The highest BCUT2D eigenvalue weighted by Crippen LogP contribution is 2.11. The molecule has 0 aliphatic carbocycles. The smallest absolute Gasteiger partial charge is 0.122 e. The molecule has 0 spiro atoms. The molecule has 0 aliphatic heterocycles. The van der Waals surface area contributed by atoms with Crippen LogP contribution in [-0.4, -0.2) is 11.6 Å². The summed E-state index contributed by atoms with van der Waals surface area (Å²) in [6, 6.07) is 3.78. The van der Waals surface area contributed by atoms with E-state index in [4.69, 9.17) is 10.5 Å². The average molecular weight is 208 g/mol. The van der Waals surface area contributed by atoms with Gasteiger partial charge in [0.1, 0.15) is 5.75 Å². The van der Waals surface area contributed by atoms with Crippen LogP contribution in [0.5, 0.6) is 5.75 Å². The maximum atomic E-state index is 5.60. The second-order valence-electron chi connectivity index (χ2n) is 3.60. The van der Waals surface area contributed by atoms with Crippen molar-refractivity contribution in [1.29, 1.82) is 0 Å². The van der Waals surface area contributed by atoms with Gasteiger partial charge in [0, 0.05) is 18.8 Å². The fraction of sp³-hybridized carbons (Fsp3) is 0.583. The fourth-order valence-corrected chi connectivity index (χ4v) is 1.38. The third kappa shape index (κ3) is 4.79. The van der Waals surface area contributed by atoms with E-state index in [9.17, 15) is 0 Å². The zero-order valence-electron chi connectivity index (χ0n) is 9.41. The van der Waals surface area contributed by atoms with Crippen molar-refractivity contribution in [1.82, 2.24) is 4.98 Å². The van der Waals surface area contributed by atoms with Crippen molar-refractivity contribution in [3.05, 3.63) is 24.0 Å². The summed E-state index contributed by atoms with van der Waals surface area (Å²) in [6.45, 7) is 3.46. The van der Waals surface area contributed by atoms with Gasteiger partial charge in [-0.05, 0) is 12.5 Å². The summed E-state index contributed by atoms with van der Waals surface area (Å²) in [4.78, 5) is 4.11. The highest BCUT2D eigenvalue weighted by molar-refractivity contribution is 5.22. The van der Waals surface area contributed by atoms with E-state index in [1.165, 1.54) is 19.3 Å². The topological polar surface area (TPSA) is 48.1 Å². The molecular weight excluding hydrogens is 188 g/mol. The lowest BCUT2D eigenvalue weighted by Gasteiger charge is -2.06. The monoisotopic (exact) mass is 208 g/mol. The third-order valence-electron chi connectivity index (χ3n) is 2.26. The van der Waals surface area contributed by atoms with Gasteiger partial charge in [-0.2, -0.15) is 0 Å². The highest BCUT2D eigenvalue weighted by Gasteiger charge is 1.96. The van der Waals surface area contributed by atoms with Gasteiger partial charge in [-0.15, -0.1) is 0 Å². The molecule has 84 valence electrons. The number of aromatic nitrogens is 1. The maximum Gasteiger partial charge on any atom is 0.122 e. The van der Waals surface area contributed by atoms with Crippen molar-refractivity contribution in [3.63, 3.8) is 0 Å². The molecule has 15 heavy (non-hydrogen) atoms. The van der Waals surface area contributed by atoms with Crippen LogP contribution in [0.1, 0.15) is 38.3 Å². The summed E-state index contributed by atoms with van der Waals surface area (Å²) in [5.74, 6) is 0.877. The van der Waals surface area contributed by atoms with Crippen molar-refractivity contribution < 1.29 is 4.74 Å². The van der Waals surface area contributed by atoms with Gasteiger partial charge in [0.25, 0.3) is 0 Å². The third-order valence-corrected chi connectivity index (χ3v) is 2.26. The molecule has 0 unspecified atom stereocenters. The van der Waals surface area contributed by atoms with Gasteiger partial charge in [0.05, 0.1) is 12.3 Å². The highest BCUT2D eigenvalue weighted by atomic mass is 16.5. The normalized spacial score (nSPS) is 10.3. The van der Waals surface area contributed by atoms with E-state index in [1.54, 1.807) is 6.20 Å². The van der Waals surface area contributed by atoms with Gasteiger partial charge in [-0.3, -0.25) is 4.98 Å². The number of nitrogens with two attached hydrogens (primary N) is 1. The van der Waals surface area contributed by atoms with Gasteiger partial charge >= 0.3 is 0 Å². The molecule has 1 heterocycles. The molecule has 1 aromatic rings. The summed E-state index contributed by atoms with van der Waals surface area (Å²) in [5, 5.41) is 0. The quantitative estimate of drug-likeness (QED) is 0.700. The van der Waals surface area contributed by atoms with Crippen LogP contribution >= 0.6 is 0 Å². The number of nitrogens with zero attached hydrogens (tertiary/aromatic N) is 1. The zero-order valence-corrected chi connectivity index (χ0v) is 9.41. The molecule has 0 saturated carbocycles. The Bertz CT molecular complexity index is 276. The molecule has 0 fully saturated rings. The molecule has 0 aliphatic rings. The Labute approximate surface area is 91.7 Å². The lowest BCUT2D eigenvalue weighted by molar-refractivity contribution is 0.304. The summed E-state index contributed by atoms with van der Waals surface area (Å²) in [6.07, 6.45) is 6.64. The molecule has 0 aromatic carbocycles. The van der Waals surface area contributed by atoms with E-state index >= 15 is 0 Å². The SMILES string of the molecule is CCCCCCOc1ccnc(CN)c1. The molecule has 0 amide bonds. The van der Waals surface area contributed by atoms with E-state index in [0.29, 0.717) is 6.54 Å². The first-order valence-electron chi connectivity index (χ1n) is 5.64. The lowest BCUT2D eigenvalue weighted by Crippen LogP contribution is -2.01. The predicted molar refractivity (Wildman–Crippen MR) is 61.8 cm³/mol. The Balaban J connectivity index is 2.24. The van der Waals surface area contributed by atoms with Crippen LogP contribution in [0.25, 0.3) is 0 Å². The molecule has 0 radical (unpaired) electrons. The van der Waals surface area contributed by atoms with Crippen molar-refractivity contribution in [2.24, 2.45) is 5.73 Å². The number of pyridine rings is 1. The van der Waals surface area contributed by atoms with E-state index in [1.807, 2.05) is 12.1 Å². The van der Waals surface area contributed by atoms with Crippen molar-refractivity contribution >= 4 is 0 Å². The molecule has 0 saturated heterocycles. The molecule has 3 nitrogen and oxygen atoms in total. The van der Waals surface area contributed by atoms with E-state index in [2.05, 4.69) is 11.9 Å². The van der Waals surface area contributed by atoms with Gasteiger partial charge in [0.2, 0.25) is 0 Å². The Kier molecular flexibility index (Phi) is 5.78. The molecule has 2 N–H and O–H groups in total. The molecular formula is C12H20N2O. The van der Waals surface area contributed by atoms with Crippen LogP contribution in [0.2, 0.25) is 0 Å². The predicted octanol–water partition coefficient (Wildman–Crippen LogP) is 2.50. The van der Waals surface area contributed by atoms with Crippen molar-refractivity contribution in [3.8, 4) is 5.75 Å². The minimum atomic E-state index is 0.465. The molecule has 1 rings (SSSR count). The van der Waals surface area contributed by atoms with Crippen molar-refractivity contribution in [2.45, 2.75) is 39.2 Å². The van der Waals surface area contributed by atoms with Gasteiger partial charge in [-0.1, -0.05) is 26.2 Å². The van der Waals surface area contributed by atoms with Crippen molar-refractivity contribution in [2.75, 3.05) is 6.61 Å². The lowest BCUT2D eigenvalue weighted by atomic mass is 10.2. The summed E-state index contributed by atoms with van der Waals surface area (Å²) in [7, 11) is 0. The van der Waals surface area contributed by atoms with Crippen LogP contribution in [0.15, 0.2) is 18.3 Å². The number of ether oxygens (including phenoxy) is 1. The van der Waals surface area contributed by atoms with Crippen LogP contribution < -0.4 is 10.5 Å². The summed E-state index contributed by atoms with van der Waals surface area (Å²) >= 11 is 0. The fourth-order valence-electron chi connectivity index (χ4n) is 1.38. The second kappa shape index (κ2) is 7.23. The van der Waals surface area contributed by atoms with E-state index < -0.39 is 0 Å². The summed E-state index contributed by atoms with van der Waals surface area (Å²) < 4.78 is 5.60. The molecule has 3 heteroatoms. The Morgan fingerprint density at radius 3 is 2.93 bits per heavy atom. The van der Waals surface area contributed by atoms with Gasteiger partial charge in [-0.25, -0.2) is 0 Å². The number of rotatable bonds is 7. The molecule has 1 aromatic heterocycles. The molecule has 0 bridgehead atoms. The Morgan fingerprint density at radius 1 is 1.33 bits per heavy atom. The van der Waals surface area contributed by atoms with Crippen LogP contribution in [-0.2, 0) is 6.54 Å². The average Bonchev–Trinajstić information content (AvgIpc) is 2.29. The Hall–Kier alpha value is -1.09. The summed E-state index contributed by atoms with van der Waals surface area (Å²) in [5.41, 5.74) is 6.37. The first-order chi connectivity index (χ1) is 7.36. The van der Waals surface area contributed by atoms with Crippen LogP contribution in [0.3, 0.4) is 0 Å². The van der Waals surface area contributed by atoms with Gasteiger partial charge in [0.15, 0.2) is 0 Å². The number of hydrogen-bond acceptors (Lipinski definition) is 3. The maximum absolute atomic E-state index is 5.60. The molecule has 0 atom stereocenters. The first-order valence-corrected chi connectivity index (χ1v) is 5.64. The van der Waals surface area contributed by atoms with Crippen LogP contribution in [0, 0.1) is 0 Å².